The van der Waals surface area contributed by atoms with Crippen molar-refractivity contribution in [2.75, 3.05) is 12.9 Å². The smallest absolute Gasteiger partial charge is 0.123 e. The Morgan fingerprint density at radius 1 is 1.32 bits per heavy atom. The minimum Gasteiger partial charge on any atom is -0.496 e. The van der Waals surface area contributed by atoms with Crippen molar-refractivity contribution in [3.63, 3.8) is 0 Å². The number of methoxy groups -OCH3 is 1. The number of rotatable bonds is 7. The lowest BCUT2D eigenvalue weighted by Gasteiger charge is -2.13. The van der Waals surface area contributed by atoms with E-state index in [0.717, 1.165) is 29.1 Å². The molecule has 0 aliphatic heterocycles. The molecule has 0 heterocycles. The first-order valence-electron chi connectivity index (χ1n) is 6.71. The number of hydrogen-bond acceptors (Lipinski definition) is 3. The molecule has 2 unspecified atom stereocenters. The molecule has 0 aliphatic carbocycles. The van der Waals surface area contributed by atoms with Gasteiger partial charge < -0.3 is 10.5 Å². The molecule has 0 fully saturated rings. The van der Waals surface area contributed by atoms with E-state index in [0.29, 0.717) is 11.7 Å². The highest BCUT2D eigenvalue weighted by Gasteiger charge is 2.11. The largest absolute Gasteiger partial charge is 0.496 e. The zero-order valence-corrected chi connectivity index (χ0v) is 13.1. The van der Waals surface area contributed by atoms with Crippen LogP contribution in [0.2, 0.25) is 0 Å². The molecule has 1 aromatic rings. The summed E-state index contributed by atoms with van der Waals surface area (Å²) in [6.07, 6.45) is 0.988. The van der Waals surface area contributed by atoms with Gasteiger partial charge in [-0.2, -0.15) is 0 Å². The third-order valence-corrected chi connectivity index (χ3v) is 4.39. The van der Waals surface area contributed by atoms with Gasteiger partial charge >= 0.3 is 0 Å². The number of benzene rings is 1. The van der Waals surface area contributed by atoms with E-state index in [1.165, 1.54) is 0 Å². The summed E-state index contributed by atoms with van der Waals surface area (Å²) in [5.41, 5.74) is 7.92. The molecule has 0 amide bonds. The summed E-state index contributed by atoms with van der Waals surface area (Å²) in [6, 6.07) is 5.86. The Morgan fingerprint density at radius 3 is 2.53 bits per heavy atom. The maximum absolute atomic E-state index is 12.1. The van der Waals surface area contributed by atoms with E-state index in [1.807, 2.05) is 25.1 Å². The second-order valence-corrected chi connectivity index (χ2v) is 6.91. The Labute approximate surface area is 119 Å². The van der Waals surface area contributed by atoms with Crippen molar-refractivity contribution in [2.24, 2.45) is 11.7 Å². The van der Waals surface area contributed by atoms with E-state index in [4.69, 9.17) is 10.5 Å². The van der Waals surface area contributed by atoms with Crippen LogP contribution in [0.4, 0.5) is 0 Å². The fourth-order valence-corrected chi connectivity index (χ4v) is 3.26. The van der Waals surface area contributed by atoms with Crippen molar-refractivity contribution >= 4 is 10.8 Å². The average Bonchev–Trinajstić information content (AvgIpc) is 2.36. The van der Waals surface area contributed by atoms with Crippen LogP contribution in [0.15, 0.2) is 18.2 Å². The molecule has 1 rings (SSSR count). The molecule has 0 spiro atoms. The molecule has 0 aromatic heterocycles. The predicted octanol–water partition coefficient (Wildman–Crippen LogP) is 3.01. The van der Waals surface area contributed by atoms with Gasteiger partial charge in [-0.3, -0.25) is 4.21 Å². The highest BCUT2D eigenvalue weighted by Crippen LogP contribution is 2.24. The standard InChI is InChI=1S/C15H25NO2S/c1-11(2)7-8-19(17)10-14-9-13(12(3)16)5-6-15(14)18-4/h5-6,9,11-12H,7-8,10,16H2,1-4H3. The van der Waals surface area contributed by atoms with Crippen LogP contribution in [-0.4, -0.2) is 17.1 Å². The van der Waals surface area contributed by atoms with Crippen molar-refractivity contribution < 1.29 is 8.95 Å². The summed E-state index contributed by atoms with van der Waals surface area (Å²) < 4.78 is 17.4. The van der Waals surface area contributed by atoms with Crippen LogP contribution >= 0.6 is 0 Å². The van der Waals surface area contributed by atoms with Crippen molar-refractivity contribution in [1.82, 2.24) is 0 Å². The first kappa shape index (κ1) is 16.2. The molecular formula is C15H25NO2S. The zero-order chi connectivity index (χ0) is 14.4. The van der Waals surface area contributed by atoms with Crippen molar-refractivity contribution in [3.8, 4) is 5.75 Å². The topological polar surface area (TPSA) is 52.3 Å². The van der Waals surface area contributed by atoms with Gasteiger partial charge in [0.1, 0.15) is 5.75 Å². The van der Waals surface area contributed by atoms with E-state index in [2.05, 4.69) is 13.8 Å². The Morgan fingerprint density at radius 2 is 2.00 bits per heavy atom. The molecule has 0 saturated heterocycles. The molecule has 19 heavy (non-hydrogen) atoms. The van der Waals surface area contributed by atoms with Crippen LogP contribution in [0.3, 0.4) is 0 Å². The van der Waals surface area contributed by atoms with Crippen molar-refractivity contribution in [1.29, 1.82) is 0 Å². The van der Waals surface area contributed by atoms with Crippen LogP contribution in [0.1, 0.15) is 44.4 Å². The first-order valence-corrected chi connectivity index (χ1v) is 8.20. The summed E-state index contributed by atoms with van der Waals surface area (Å²) in [4.78, 5) is 0. The normalized spacial score (nSPS) is 14.4. The highest BCUT2D eigenvalue weighted by atomic mass is 32.2. The average molecular weight is 283 g/mol. The predicted molar refractivity (Wildman–Crippen MR) is 81.8 cm³/mol. The van der Waals surface area contributed by atoms with Gasteiger partial charge in [-0.05, 0) is 37.0 Å². The Hall–Kier alpha value is -0.870. The minimum absolute atomic E-state index is 0.0197. The van der Waals surface area contributed by atoms with Crippen molar-refractivity contribution in [3.05, 3.63) is 29.3 Å². The van der Waals surface area contributed by atoms with Crippen LogP contribution in [-0.2, 0) is 16.6 Å². The summed E-state index contributed by atoms with van der Waals surface area (Å²) in [7, 11) is 0.795. The van der Waals surface area contributed by atoms with Crippen LogP contribution in [0, 0.1) is 5.92 Å². The minimum atomic E-state index is -0.846. The van der Waals surface area contributed by atoms with Crippen LogP contribution in [0.5, 0.6) is 5.75 Å². The van der Waals surface area contributed by atoms with Crippen LogP contribution in [0.25, 0.3) is 0 Å². The lowest BCUT2D eigenvalue weighted by Crippen LogP contribution is -2.08. The molecule has 0 radical (unpaired) electrons. The van der Waals surface area contributed by atoms with Gasteiger partial charge in [0.2, 0.25) is 0 Å². The molecule has 0 bridgehead atoms. The van der Waals surface area contributed by atoms with E-state index < -0.39 is 10.8 Å². The first-order chi connectivity index (χ1) is 8.93. The van der Waals surface area contributed by atoms with E-state index in [9.17, 15) is 4.21 Å². The van der Waals surface area contributed by atoms with Crippen molar-refractivity contribution in [2.45, 2.75) is 39.0 Å². The van der Waals surface area contributed by atoms with Gasteiger partial charge in [-0.25, -0.2) is 0 Å². The lowest BCUT2D eigenvalue weighted by molar-refractivity contribution is 0.411. The summed E-state index contributed by atoms with van der Waals surface area (Å²) in [5, 5.41) is 0. The number of nitrogens with two attached hydrogens (primary N) is 1. The Kier molecular flexibility index (Phi) is 6.52. The number of ether oxygens (including phenoxy) is 1. The molecule has 108 valence electrons. The van der Waals surface area contributed by atoms with Gasteiger partial charge in [0.05, 0.1) is 12.9 Å². The van der Waals surface area contributed by atoms with E-state index in [1.54, 1.807) is 7.11 Å². The van der Waals surface area contributed by atoms with Gasteiger partial charge in [-0.1, -0.05) is 19.9 Å². The highest BCUT2D eigenvalue weighted by molar-refractivity contribution is 7.84. The van der Waals surface area contributed by atoms with Crippen LogP contribution < -0.4 is 10.5 Å². The molecule has 0 saturated carbocycles. The van der Waals surface area contributed by atoms with E-state index in [-0.39, 0.29) is 6.04 Å². The summed E-state index contributed by atoms with van der Waals surface area (Å²) in [5.74, 6) is 2.66. The molecule has 0 aliphatic rings. The molecule has 2 N–H and O–H groups in total. The van der Waals surface area contributed by atoms with Gasteiger partial charge in [0.25, 0.3) is 0 Å². The Balaban J connectivity index is 2.80. The quantitative estimate of drug-likeness (QED) is 0.837. The van der Waals surface area contributed by atoms with Gasteiger partial charge in [0.15, 0.2) is 0 Å². The molecule has 1 aromatic carbocycles. The fraction of sp³-hybridized carbons (Fsp3) is 0.600. The molecule has 3 nitrogen and oxygen atoms in total. The maximum atomic E-state index is 12.1. The third kappa shape index (κ3) is 5.33. The third-order valence-electron chi connectivity index (χ3n) is 3.07. The second-order valence-electron chi connectivity index (χ2n) is 5.33. The zero-order valence-electron chi connectivity index (χ0n) is 12.3. The number of hydrogen-bond donors (Lipinski definition) is 1. The monoisotopic (exact) mass is 283 g/mol. The lowest BCUT2D eigenvalue weighted by atomic mass is 10.1. The van der Waals surface area contributed by atoms with Gasteiger partial charge in [0, 0.05) is 28.2 Å². The molecule has 2 atom stereocenters. The molecular weight excluding hydrogens is 258 g/mol. The van der Waals surface area contributed by atoms with Gasteiger partial charge in [-0.15, -0.1) is 0 Å². The fourth-order valence-electron chi connectivity index (χ4n) is 1.81. The van der Waals surface area contributed by atoms with E-state index >= 15 is 0 Å². The SMILES string of the molecule is COc1ccc(C(C)N)cc1CS(=O)CCC(C)C. The summed E-state index contributed by atoms with van der Waals surface area (Å²) >= 11 is 0. The maximum Gasteiger partial charge on any atom is 0.123 e. The second kappa shape index (κ2) is 7.65. The Bertz CT molecular complexity index is 430. The summed E-state index contributed by atoms with van der Waals surface area (Å²) in [6.45, 7) is 6.24. The molecule has 4 heteroatoms.